The molecule has 20 heavy (non-hydrogen) atoms. The van der Waals surface area contributed by atoms with Crippen molar-refractivity contribution < 1.29 is 10.2 Å². The quantitative estimate of drug-likeness (QED) is 0.753. The first-order valence-corrected chi connectivity index (χ1v) is 7.60. The molecule has 108 valence electrons. The standard InChI is InChI=1S/C18H24O2/c1-11-8-12-4-6-15-13(9-14(12)10-16(11)19)5-7-17(20)18(15,2)3/h8-10,15,17,19-20H,4-7H2,1-3H3/t15-,17-/m0/s1. The topological polar surface area (TPSA) is 40.5 Å². The van der Waals surface area contributed by atoms with Crippen LogP contribution in [0.25, 0.3) is 6.08 Å². The number of aliphatic hydroxyl groups is 1. The van der Waals surface area contributed by atoms with Crippen LogP contribution in [0.2, 0.25) is 0 Å². The third-order valence-electron chi connectivity index (χ3n) is 5.41. The van der Waals surface area contributed by atoms with E-state index in [0.29, 0.717) is 11.7 Å². The van der Waals surface area contributed by atoms with Gasteiger partial charge in [-0.1, -0.05) is 31.6 Å². The molecule has 2 atom stereocenters. The Morgan fingerprint density at radius 1 is 1.15 bits per heavy atom. The second-order valence-corrected chi connectivity index (χ2v) is 7.02. The van der Waals surface area contributed by atoms with Gasteiger partial charge in [-0.15, -0.1) is 0 Å². The first-order valence-electron chi connectivity index (χ1n) is 7.60. The highest BCUT2D eigenvalue weighted by Gasteiger charge is 2.42. The zero-order valence-electron chi connectivity index (χ0n) is 12.6. The average Bonchev–Trinajstić information content (AvgIpc) is 2.55. The molecule has 0 unspecified atom stereocenters. The SMILES string of the molecule is Cc1cc2c(cc1O)C=C1CC[C@H](O)C(C)(C)[C@H]1CC2. The second-order valence-electron chi connectivity index (χ2n) is 7.02. The van der Waals surface area contributed by atoms with E-state index in [0.717, 1.165) is 36.8 Å². The lowest BCUT2D eigenvalue weighted by molar-refractivity contribution is -0.00826. The summed E-state index contributed by atoms with van der Waals surface area (Å²) in [4.78, 5) is 0. The number of phenols is 1. The van der Waals surface area contributed by atoms with Crippen LogP contribution in [0.5, 0.6) is 5.75 Å². The minimum atomic E-state index is -0.207. The Bertz CT molecular complexity index is 569. The fourth-order valence-electron chi connectivity index (χ4n) is 3.91. The minimum absolute atomic E-state index is 0.0524. The van der Waals surface area contributed by atoms with Gasteiger partial charge in [0, 0.05) is 0 Å². The molecule has 0 aliphatic heterocycles. The molecule has 0 heterocycles. The van der Waals surface area contributed by atoms with Crippen LogP contribution in [0.15, 0.2) is 17.7 Å². The maximum Gasteiger partial charge on any atom is 0.119 e. The molecule has 0 aromatic heterocycles. The largest absolute Gasteiger partial charge is 0.508 e. The zero-order valence-corrected chi connectivity index (χ0v) is 12.6. The zero-order chi connectivity index (χ0) is 14.5. The number of fused-ring (bicyclic) bond motifs is 2. The van der Waals surface area contributed by atoms with Gasteiger partial charge in [-0.2, -0.15) is 0 Å². The van der Waals surface area contributed by atoms with Crippen LogP contribution in [0.1, 0.15) is 49.8 Å². The Labute approximate surface area is 121 Å². The van der Waals surface area contributed by atoms with E-state index < -0.39 is 0 Å². The van der Waals surface area contributed by atoms with E-state index in [4.69, 9.17) is 0 Å². The average molecular weight is 272 g/mol. The Hall–Kier alpha value is -1.28. The molecule has 1 aromatic carbocycles. The summed E-state index contributed by atoms with van der Waals surface area (Å²) in [5.41, 5.74) is 4.84. The summed E-state index contributed by atoms with van der Waals surface area (Å²) in [5, 5.41) is 20.2. The monoisotopic (exact) mass is 272 g/mol. The van der Waals surface area contributed by atoms with Crippen molar-refractivity contribution in [2.75, 3.05) is 0 Å². The predicted molar refractivity (Wildman–Crippen MR) is 81.7 cm³/mol. The van der Waals surface area contributed by atoms with E-state index >= 15 is 0 Å². The smallest absolute Gasteiger partial charge is 0.119 e. The first kappa shape index (κ1) is 13.7. The molecule has 2 aliphatic rings. The van der Waals surface area contributed by atoms with Crippen LogP contribution >= 0.6 is 0 Å². The van der Waals surface area contributed by atoms with E-state index in [1.54, 1.807) is 0 Å². The van der Waals surface area contributed by atoms with Crippen LogP contribution in [0, 0.1) is 18.3 Å². The van der Waals surface area contributed by atoms with Gasteiger partial charge in [-0.05, 0) is 66.7 Å². The summed E-state index contributed by atoms with van der Waals surface area (Å²) in [5.74, 6) is 0.829. The Morgan fingerprint density at radius 3 is 2.65 bits per heavy atom. The van der Waals surface area contributed by atoms with Gasteiger partial charge in [-0.3, -0.25) is 0 Å². The van der Waals surface area contributed by atoms with Gasteiger partial charge in [0.2, 0.25) is 0 Å². The van der Waals surface area contributed by atoms with E-state index in [2.05, 4.69) is 26.0 Å². The molecular weight excluding hydrogens is 248 g/mol. The fraction of sp³-hybridized carbons (Fsp3) is 0.556. The number of aliphatic hydroxyl groups excluding tert-OH is 1. The molecule has 0 spiro atoms. The highest BCUT2D eigenvalue weighted by molar-refractivity contribution is 5.62. The van der Waals surface area contributed by atoms with Gasteiger partial charge in [0.25, 0.3) is 0 Å². The van der Waals surface area contributed by atoms with Crippen molar-refractivity contribution in [1.82, 2.24) is 0 Å². The van der Waals surface area contributed by atoms with Gasteiger partial charge in [0.05, 0.1) is 6.10 Å². The Morgan fingerprint density at radius 2 is 1.90 bits per heavy atom. The number of hydrogen-bond acceptors (Lipinski definition) is 2. The van der Waals surface area contributed by atoms with Crippen LogP contribution in [-0.2, 0) is 6.42 Å². The molecule has 0 saturated heterocycles. The highest BCUT2D eigenvalue weighted by Crippen LogP contribution is 2.48. The molecule has 1 saturated carbocycles. The molecular formula is C18H24O2. The number of allylic oxidation sites excluding steroid dienone is 1. The van der Waals surface area contributed by atoms with Gasteiger partial charge >= 0.3 is 0 Å². The first-order chi connectivity index (χ1) is 9.39. The van der Waals surface area contributed by atoms with E-state index in [9.17, 15) is 10.2 Å². The third-order valence-corrected chi connectivity index (χ3v) is 5.41. The number of aryl methyl sites for hydroxylation is 2. The summed E-state index contributed by atoms with van der Waals surface area (Å²) in [7, 11) is 0. The fourth-order valence-corrected chi connectivity index (χ4v) is 3.91. The van der Waals surface area contributed by atoms with Crippen molar-refractivity contribution in [2.24, 2.45) is 11.3 Å². The van der Waals surface area contributed by atoms with Gasteiger partial charge in [-0.25, -0.2) is 0 Å². The Kier molecular flexibility index (Phi) is 3.17. The summed E-state index contributed by atoms with van der Waals surface area (Å²) >= 11 is 0. The number of hydrogen-bond donors (Lipinski definition) is 2. The van der Waals surface area contributed by atoms with Crippen molar-refractivity contribution in [1.29, 1.82) is 0 Å². The number of aromatic hydroxyl groups is 1. The number of rotatable bonds is 0. The minimum Gasteiger partial charge on any atom is -0.508 e. The van der Waals surface area contributed by atoms with Gasteiger partial charge in [0.1, 0.15) is 5.75 Å². The summed E-state index contributed by atoms with van der Waals surface area (Å²) < 4.78 is 0. The highest BCUT2D eigenvalue weighted by atomic mass is 16.3. The normalized spacial score (nSPS) is 28.1. The van der Waals surface area contributed by atoms with Crippen molar-refractivity contribution in [3.63, 3.8) is 0 Å². The van der Waals surface area contributed by atoms with Gasteiger partial charge in [0.15, 0.2) is 0 Å². The third kappa shape index (κ3) is 2.07. The van der Waals surface area contributed by atoms with Gasteiger partial charge < -0.3 is 10.2 Å². The van der Waals surface area contributed by atoms with Crippen molar-refractivity contribution in [3.8, 4) is 5.75 Å². The lowest BCUT2D eigenvalue weighted by Crippen LogP contribution is -2.41. The number of benzene rings is 1. The van der Waals surface area contributed by atoms with Crippen molar-refractivity contribution >= 4 is 6.08 Å². The maximum atomic E-state index is 10.3. The lowest BCUT2D eigenvalue weighted by Gasteiger charge is -2.44. The second kappa shape index (κ2) is 4.63. The summed E-state index contributed by atoms with van der Waals surface area (Å²) in [6.45, 7) is 6.33. The molecule has 2 N–H and O–H groups in total. The van der Waals surface area contributed by atoms with Crippen LogP contribution in [-0.4, -0.2) is 16.3 Å². The Balaban J connectivity index is 2.05. The maximum absolute atomic E-state index is 10.3. The molecule has 0 bridgehead atoms. The van der Waals surface area contributed by atoms with E-state index in [1.807, 2.05) is 13.0 Å². The summed E-state index contributed by atoms with van der Waals surface area (Å²) in [6.07, 6.45) is 6.00. The van der Waals surface area contributed by atoms with Crippen LogP contribution in [0.4, 0.5) is 0 Å². The molecule has 2 aliphatic carbocycles. The molecule has 3 rings (SSSR count). The molecule has 2 heteroatoms. The van der Waals surface area contributed by atoms with E-state index in [-0.39, 0.29) is 11.5 Å². The van der Waals surface area contributed by atoms with Crippen molar-refractivity contribution in [3.05, 3.63) is 34.4 Å². The summed E-state index contributed by atoms with van der Waals surface area (Å²) in [6, 6.07) is 4.01. The molecule has 0 radical (unpaired) electrons. The molecule has 0 amide bonds. The van der Waals surface area contributed by atoms with Crippen LogP contribution in [0.3, 0.4) is 0 Å². The number of phenolic OH excluding ortho intramolecular Hbond substituents is 1. The molecule has 1 aromatic rings. The lowest BCUT2D eigenvalue weighted by atomic mass is 9.63. The van der Waals surface area contributed by atoms with E-state index in [1.165, 1.54) is 11.1 Å². The molecule has 2 nitrogen and oxygen atoms in total. The predicted octanol–water partition coefficient (Wildman–Crippen LogP) is 3.83. The molecule has 1 fully saturated rings. The van der Waals surface area contributed by atoms with Crippen molar-refractivity contribution in [2.45, 2.75) is 52.6 Å². The van der Waals surface area contributed by atoms with Crippen LogP contribution < -0.4 is 0 Å².